The Morgan fingerprint density at radius 2 is 1.67 bits per heavy atom. The van der Waals surface area contributed by atoms with Crippen molar-refractivity contribution in [2.75, 3.05) is 0 Å². The van der Waals surface area contributed by atoms with E-state index < -0.39 is 0 Å². The maximum absolute atomic E-state index is 6.18. The van der Waals surface area contributed by atoms with E-state index in [0.717, 1.165) is 17.2 Å². The Hall–Kier alpha value is -1.39. The Bertz CT molecular complexity index is 685. The molecule has 21 heavy (non-hydrogen) atoms. The monoisotopic (exact) mass is 320 g/mol. The number of aromatic nitrogens is 3. The number of hydrogen-bond donors (Lipinski definition) is 0. The van der Waals surface area contributed by atoms with Crippen molar-refractivity contribution in [2.45, 2.75) is 37.5 Å². The van der Waals surface area contributed by atoms with Crippen molar-refractivity contribution in [1.82, 2.24) is 14.9 Å². The molecule has 0 aliphatic heterocycles. The lowest BCUT2D eigenvalue weighted by atomic mass is 10.2. The summed E-state index contributed by atoms with van der Waals surface area (Å²) in [6, 6.07) is 5.40. The van der Waals surface area contributed by atoms with Gasteiger partial charge in [-0.05, 0) is 37.8 Å². The minimum absolute atomic E-state index is 0.517. The van der Waals surface area contributed by atoms with E-state index in [9.17, 15) is 0 Å². The van der Waals surface area contributed by atoms with E-state index in [1.54, 1.807) is 12.3 Å². The lowest BCUT2D eigenvalue weighted by Crippen LogP contribution is -2.01. The second-order valence-corrected chi connectivity index (χ2v) is 6.53. The van der Waals surface area contributed by atoms with Crippen LogP contribution in [0, 0.1) is 0 Å². The fourth-order valence-corrected chi connectivity index (χ4v) is 2.80. The molecule has 108 valence electrons. The SMILES string of the molecule is Clc1ccc(/C=N/n2c(C3CC3)nnc2C2CC2)c(Cl)c1. The maximum atomic E-state index is 6.18. The first-order valence-corrected chi connectivity index (χ1v) is 7.92. The molecular weight excluding hydrogens is 307 g/mol. The first-order valence-electron chi connectivity index (χ1n) is 7.17. The van der Waals surface area contributed by atoms with Gasteiger partial charge in [0.1, 0.15) is 0 Å². The van der Waals surface area contributed by atoms with Gasteiger partial charge in [0, 0.05) is 22.4 Å². The van der Waals surface area contributed by atoms with Gasteiger partial charge in [-0.25, -0.2) is 4.68 Å². The molecule has 6 heteroatoms. The van der Waals surface area contributed by atoms with Crippen molar-refractivity contribution in [3.63, 3.8) is 0 Å². The Kier molecular flexibility index (Phi) is 3.23. The fourth-order valence-electron chi connectivity index (χ4n) is 2.34. The fraction of sp³-hybridized carbons (Fsp3) is 0.400. The van der Waals surface area contributed by atoms with Crippen molar-refractivity contribution >= 4 is 29.4 Å². The third-order valence-electron chi connectivity index (χ3n) is 3.85. The second-order valence-electron chi connectivity index (χ2n) is 5.69. The van der Waals surface area contributed by atoms with Gasteiger partial charge in [-0.1, -0.05) is 29.3 Å². The van der Waals surface area contributed by atoms with E-state index in [1.165, 1.54) is 25.7 Å². The van der Waals surface area contributed by atoms with Crippen LogP contribution in [0.25, 0.3) is 0 Å². The van der Waals surface area contributed by atoms with Gasteiger partial charge in [0.15, 0.2) is 11.6 Å². The molecular formula is C15H14Cl2N4. The highest BCUT2D eigenvalue weighted by molar-refractivity contribution is 6.36. The number of nitrogens with zero attached hydrogens (tertiary/aromatic N) is 4. The Morgan fingerprint density at radius 1 is 1.05 bits per heavy atom. The average molecular weight is 321 g/mol. The van der Waals surface area contributed by atoms with Gasteiger partial charge in [-0.2, -0.15) is 5.10 Å². The van der Waals surface area contributed by atoms with Crippen LogP contribution in [0.1, 0.15) is 54.7 Å². The van der Waals surface area contributed by atoms with E-state index in [4.69, 9.17) is 23.2 Å². The third-order valence-corrected chi connectivity index (χ3v) is 4.41. The Morgan fingerprint density at radius 3 is 2.19 bits per heavy atom. The minimum Gasteiger partial charge on any atom is -0.201 e. The van der Waals surface area contributed by atoms with Crippen LogP contribution in [-0.2, 0) is 0 Å². The van der Waals surface area contributed by atoms with Crippen LogP contribution in [0.2, 0.25) is 10.0 Å². The van der Waals surface area contributed by atoms with Crippen LogP contribution >= 0.6 is 23.2 Å². The highest BCUT2D eigenvalue weighted by Gasteiger charge is 2.35. The zero-order valence-corrected chi connectivity index (χ0v) is 12.8. The van der Waals surface area contributed by atoms with Crippen LogP contribution in [-0.4, -0.2) is 21.1 Å². The molecule has 1 heterocycles. The predicted octanol–water partition coefficient (Wildman–Crippen LogP) is 4.22. The van der Waals surface area contributed by atoms with Crippen molar-refractivity contribution in [2.24, 2.45) is 5.10 Å². The van der Waals surface area contributed by atoms with Gasteiger partial charge in [-0.15, -0.1) is 10.2 Å². The first kappa shape index (κ1) is 13.3. The molecule has 0 spiro atoms. The summed E-state index contributed by atoms with van der Waals surface area (Å²) in [5, 5.41) is 14.5. The summed E-state index contributed by atoms with van der Waals surface area (Å²) in [7, 11) is 0. The van der Waals surface area contributed by atoms with E-state index in [1.807, 2.05) is 16.8 Å². The zero-order chi connectivity index (χ0) is 14.4. The molecule has 0 amide bonds. The summed E-state index contributed by atoms with van der Waals surface area (Å²) in [4.78, 5) is 0. The molecule has 2 saturated carbocycles. The normalized spacial score (nSPS) is 18.6. The highest BCUT2D eigenvalue weighted by Crippen LogP contribution is 2.43. The summed E-state index contributed by atoms with van der Waals surface area (Å²) < 4.78 is 1.92. The molecule has 2 aromatic rings. The smallest absolute Gasteiger partial charge is 0.157 e. The second kappa shape index (κ2) is 5.11. The lowest BCUT2D eigenvalue weighted by Gasteiger charge is -2.03. The molecule has 0 atom stereocenters. The average Bonchev–Trinajstić information content (AvgIpc) is 3.37. The van der Waals surface area contributed by atoms with Gasteiger partial charge in [-0.3, -0.25) is 0 Å². The third kappa shape index (κ3) is 2.70. The molecule has 4 nitrogen and oxygen atoms in total. The summed E-state index contributed by atoms with van der Waals surface area (Å²) in [6.45, 7) is 0. The van der Waals surface area contributed by atoms with Gasteiger partial charge < -0.3 is 0 Å². The molecule has 0 N–H and O–H groups in total. The molecule has 2 aliphatic carbocycles. The Labute approximate surface area is 132 Å². The van der Waals surface area contributed by atoms with Gasteiger partial charge in [0.2, 0.25) is 0 Å². The van der Waals surface area contributed by atoms with E-state index in [-0.39, 0.29) is 0 Å². The van der Waals surface area contributed by atoms with Crippen molar-refractivity contribution < 1.29 is 0 Å². The summed E-state index contributed by atoms with van der Waals surface area (Å²) in [5.41, 5.74) is 0.846. The standard InChI is InChI=1S/C15H14Cl2N4/c16-12-6-5-11(13(17)7-12)8-18-21-14(9-1-2-9)19-20-15(21)10-3-4-10/h5-10H,1-4H2/b18-8+. The highest BCUT2D eigenvalue weighted by atomic mass is 35.5. The molecule has 2 aliphatic rings. The molecule has 0 bridgehead atoms. The molecule has 1 aromatic carbocycles. The van der Waals surface area contributed by atoms with Crippen molar-refractivity contribution in [3.8, 4) is 0 Å². The quantitative estimate of drug-likeness (QED) is 0.791. The van der Waals surface area contributed by atoms with Gasteiger partial charge in [0.25, 0.3) is 0 Å². The minimum atomic E-state index is 0.517. The van der Waals surface area contributed by atoms with E-state index >= 15 is 0 Å². The Balaban J connectivity index is 1.69. The topological polar surface area (TPSA) is 43.1 Å². The molecule has 2 fully saturated rings. The molecule has 0 saturated heterocycles. The number of benzene rings is 1. The summed E-state index contributed by atoms with van der Waals surface area (Å²) >= 11 is 12.1. The van der Waals surface area contributed by atoms with Gasteiger partial charge >= 0.3 is 0 Å². The molecule has 0 unspecified atom stereocenters. The van der Waals surface area contributed by atoms with Crippen LogP contribution in [0.15, 0.2) is 23.3 Å². The van der Waals surface area contributed by atoms with Crippen molar-refractivity contribution in [1.29, 1.82) is 0 Å². The van der Waals surface area contributed by atoms with Crippen LogP contribution < -0.4 is 0 Å². The molecule has 0 radical (unpaired) electrons. The van der Waals surface area contributed by atoms with Gasteiger partial charge in [0.05, 0.1) is 11.2 Å². The van der Waals surface area contributed by atoms with Crippen LogP contribution in [0.5, 0.6) is 0 Å². The zero-order valence-electron chi connectivity index (χ0n) is 11.3. The number of hydrogen-bond acceptors (Lipinski definition) is 3. The van der Waals surface area contributed by atoms with Crippen molar-refractivity contribution in [3.05, 3.63) is 45.5 Å². The lowest BCUT2D eigenvalue weighted by molar-refractivity contribution is 0.732. The summed E-state index contributed by atoms with van der Waals surface area (Å²) in [5.74, 6) is 3.00. The largest absolute Gasteiger partial charge is 0.201 e. The maximum Gasteiger partial charge on any atom is 0.157 e. The molecule has 1 aromatic heterocycles. The predicted molar refractivity (Wildman–Crippen MR) is 83.4 cm³/mol. The summed E-state index contributed by atoms with van der Waals surface area (Å²) in [6.07, 6.45) is 6.49. The van der Waals surface area contributed by atoms with Crippen LogP contribution in [0.4, 0.5) is 0 Å². The number of rotatable bonds is 4. The molecule has 4 rings (SSSR count). The van der Waals surface area contributed by atoms with E-state index in [0.29, 0.717) is 21.9 Å². The van der Waals surface area contributed by atoms with E-state index in [2.05, 4.69) is 15.3 Å². The first-order chi connectivity index (χ1) is 10.2. The van der Waals surface area contributed by atoms with Crippen LogP contribution in [0.3, 0.4) is 0 Å². The number of halogens is 2.